The maximum atomic E-state index is 12.1. The van der Waals surface area contributed by atoms with Crippen LogP contribution in [0.4, 0.5) is 13.2 Å². The molecular weight excluding hydrogens is 360 g/mol. The number of alkyl halides is 3. The third-order valence-electron chi connectivity index (χ3n) is 1.68. The van der Waals surface area contributed by atoms with E-state index < -0.39 is 29.6 Å². The van der Waals surface area contributed by atoms with Crippen LogP contribution in [0.25, 0.3) is 0 Å². The second-order valence-corrected chi connectivity index (χ2v) is 21.3. The zero-order chi connectivity index (χ0) is 13.1. The van der Waals surface area contributed by atoms with E-state index in [0.29, 0.717) is 0 Å². The molecule has 0 amide bonds. The minimum atomic E-state index is -4.91. The Kier molecular flexibility index (Phi) is 4.76. The van der Waals surface area contributed by atoms with Gasteiger partial charge in [-0.25, -0.2) is 0 Å². The van der Waals surface area contributed by atoms with E-state index in [-0.39, 0.29) is 0 Å². The average molecular weight is 371 g/mol. The molecule has 1 aromatic carbocycles. The van der Waals surface area contributed by atoms with Crippen LogP contribution < -0.4 is 0 Å². The first-order valence-electron chi connectivity index (χ1n) is 4.75. The Hall–Kier alpha value is -0.371. The van der Waals surface area contributed by atoms with Crippen LogP contribution in [-0.2, 0) is 7.87 Å². The molecule has 17 heavy (non-hydrogen) atoms. The van der Waals surface area contributed by atoms with Gasteiger partial charge in [0.25, 0.3) is 0 Å². The fourth-order valence-electron chi connectivity index (χ4n) is 1.07. The van der Waals surface area contributed by atoms with Crippen LogP contribution in [0.5, 0.6) is 0 Å². The number of carbonyl (C=O) groups is 1. The molecule has 0 bridgehead atoms. The van der Waals surface area contributed by atoms with Crippen molar-refractivity contribution >= 4 is 32.3 Å². The standard InChI is InChI=1S/C6H6S.C2HF3O2.2CH3.Sn/c7-6-4-2-1-3-5-6;3-2(4,5)1(6)7;;;/h1-5,7H;(H,6,7);2*1H3;/q;;;;+2/p-2. The van der Waals surface area contributed by atoms with E-state index in [0.717, 1.165) is 4.90 Å². The van der Waals surface area contributed by atoms with Gasteiger partial charge in [0.05, 0.1) is 0 Å². The van der Waals surface area contributed by atoms with E-state index in [1.54, 1.807) is 34.1 Å². The van der Waals surface area contributed by atoms with Crippen molar-refractivity contribution in [3.05, 3.63) is 30.3 Å². The zero-order valence-corrected chi connectivity index (χ0v) is 12.9. The van der Waals surface area contributed by atoms with Crippen molar-refractivity contribution in [3.8, 4) is 0 Å². The molecule has 0 radical (unpaired) electrons. The van der Waals surface area contributed by atoms with E-state index in [1.807, 2.05) is 6.07 Å². The molecule has 0 saturated heterocycles. The Morgan fingerprint density at radius 2 is 1.76 bits per heavy atom. The average Bonchev–Trinajstić information content (AvgIpc) is 2.16. The normalized spacial score (nSPS) is 12.3. The summed E-state index contributed by atoms with van der Waals surface area (Å²) >= 11 is -3.54. The number of benzene rings is 1. The Morgan fingerprint density at radius 1 is 1.24 bits per heavy atom. The first kappa shape index (κ1) is 14.7. The Balaban J connectivity index is 2.67. The van der Waals surface area contributed by atoms with Gasteiger partial charge in [0.15, 0.2) is 0 Å². The maximum absolute atomic E-state index is 12.1. The quantitative estimate of drug-likeness (QED) is 0.760. The summed E-state index contributed by atoms with van der Waals surface area (Å²) in [5.74, 6) is -2.08. The first-order valence-corrected chi connectivity index (χ1v) is 15.9. The SMILES string of the molecule is [CH3][Sn]([CH3])([O]C(=O)C(F)(F)F)[S]c1ccccc1. The molecule has 1 aromatic rings. The molecule has 0 aromatic heterocycles. The van der Waals surface area contributed by atoms with Crippen molar-refractivity contribution in [1.29, 1.82) is 0 Å². The molecule has 1 rings (SSSR count). The number of halogens is 3. The van der Waals surface area contributed by atoms with Gasteiger partial charge in [-0.1, -0.05) is 0 Å². The predicted octanol–water partition coefficient (Wildman–Crippen LogP) is 3.59. The first-order chi connectivity index (χ1) is 7.71. The fourth-order valence-corrected chi connectivity index (χ4v) is 10.5. The molecule has 0 saturated carbocycles. The summed E-state index contributed by atoms with van der Waals surface area (Å²) in [6, 6.07) is 8.95. The zero-order valence-electron chi connectivity index (χ0n) is 9.25. The Labute approximate surface area is 104 Å². The van der Waals surface area contributed by atoms with Gasteiger partial charge in [0.2, 0.25) is 0 Å². The van der Waals surface area contributed by atoms with Crippen molar-refractivity contribution in [3.63, 3.8) is 0 Å². The molecule has 0 aliphatic carbocycles. The molecule has 0 heterocycles. The van der Waals surface area contributed by atoms with Crippen molar-refractivity contribution < 1.29 is 21.0 Å². The van der Waals surface area contributed by atoms with Gasteiger partial charge in [0, 0.05) is 0 Å². The van der Waals surface area contributed by atoms with E-state index >= 15 is 0 Å². The summed E-state index contributed by atoms with van der Waals surface area (Å²) < 4.78 is 40.8. The molecule has 0 N–H and O–H groups in total. The third-order valence-corrected chi connectivity index (χ3v) is 11.4. The number of rotatable bonds is 3. The second-order valence-electron chi connectivity index (χ2n) is 3.70. The minimum absolute atomic E-state index is 0.822. The van der Waals surface area contributed by atoms with Crippen LogP contribution in [0.1, 0.15) is 0 Å². The van der Waals surface area contributed by atoms with Gasteiger partial charge in [-0.3, -0.25) is 0 Å². The summed E-state index contributed by atoms with van der Waals surface area (Å²) in [6.45, 7) is 0. The van der Waals surface area contributed by atoms with Crippen molar-refractivity contribution in [1.82, 2.24) is 0 Å². The summed E-state index contributed by atoms with van der Waals surface area (Å²) in [5, 5.41) is 0. The Bertz CT molecular complexity index is 392. The number of carbonyl (C=O) groups excluding carboxylic acids is 1. The fraction of sp³-hybridized carbons (Fsp3) is 0.300. The van der Waals surface area contributed by atoms with Crippen molar-refractivity contribution in [2.45, 2.75) is 21.0 Å². The third kappa shape index (κ3) is 5.20. The van der Waals surface area contributed by atoms with Crippen LogP contribution in [0, 0.1) is 0 Å². The summed E-state index contributed by atoms with van der Waals surface area (Å²) in [7, 11) is 1.26. The summed E-state index contributed by atoms with van der Waals surface area (Å²) in [5.41, 5.74) is 0. The molecular formula is C10H11F3O2SSn. The van der Waals surface area contributed by atoms with Crippen molar-refractivity contribution in [2.24, 2.45) is 0 Å². The Morgan fingerprint density at radius 3 is 2.24 bits per heavy atom. The molecule has 0 fully saturated rings. The molecule has 7 heteroatoms. The number of hydrogen-bond acceptors (Lipinski definition) is 3. The van der Waals surface area contributed by atoms with Crippen LogP contribution >= 0.6 is 8.95 Å². The molecule has 0 spiro atoms. The molecule has 94 valence electrons. The van der Waals surface area contributed by atoms with Gasteiger partial charge in [-0.05, 0) is 0 Å². The molecule has 0 atom stereocenters. The predicted molar refractivity (Wildman–Crippen MR) is 61.9 cm³/mol. The molecule has 0 aliphatic rings. The van der Waals surface area contributed by atoms with Gasteiger partial charge < -0.3 is 0 Å². The van der Waals surface area contributed by atoms with Crippen LogP contribution in [0.15, 0.2) is 35.2 Å². The topological polar surface area (TPSA) is 26.3 Å². The summed E-state index contributed by atoms with van der Waals surface area (Å²) in [4.78, 5) is 14.8. The van der Waals surface area contributed by atoms with Crippen LogP contribution in [0.3, 0.4) is 0 Å². The van der Waals surface area contributed by atoms with Crippen LogP contribution in [-0.4, -0.2) is 29.6 Å². The van der Waals surface area contributed by atoms with Gasteiger partial charge in [-0.2, -0.15) is 0 Å². The van der Waals surface area contributed by atoms with E-state index in [2.05, 4.69) is 3.07 Å². The van der Waals surface area contributed by atoms with Gasteiger partial charge in [-0.15, -0.1) is 0 Å². The molecule has 0 aliphatic heterocycles. The van der Waals surface area contributed by atoms with E-state index in [9.17, 15) is 18.0 Å². The summed E-state index contributed by atoms with van der Waals surface area (Å²) in [6.07, 6.45) is -4.91. The monoisotopic (exact) mass is 372 g/mol. The van der Waals surface area contributed by atoms with E-state index in [1.165, 1.54) is 8.95 Å². The molecule has 2 nitrogen and oxygen atoms in total. The number of hydrogen-bond donors (Lipinski definition) is 0. The van der Waals surface area contributed by atoms with Gasteiger partial charge in [0.1, 0.15) is 0 Å². The van der Waals surface area contributed by atoms with E-state index in [4.69, 9.17) is 0 Å². The van der Waals surface area contributed by atoms with Gasteiger partial charge >= 0.3 is 105 Å². The van der Waals surface area contributed by atoms with Crippen LogP contribution in [0.2, 0.25) is 9.88 Å². The second kappa shape index (κ2) is 5.51. The molecule has 0 unspecified atom stereocenters. The van der Waals surface area contributed by atoms with Crippen molar-refractivity contribution in [2.75, 3.05) is 0 Å².